The maximum atomic E-state index is 10.8. The number of ether oxygens (including phenoxy) is 2. The van der Waals surface area contributed by atoms with Gasteiger partial charge in [0.1, 0.15) is 11.4 Å². The van der Waals surface area contributed by atoms with Gasteiger partial charge < -0.3 is 14.0 Å². The third kappa shape index (κ3) is 2.12. The second kappa shape index (κ2) is 4.13. The summed E-state index contributed by atoms with van der Waals surface area (Å²) < 4.78 is 13.9. The molecule has 0 atom stereocenters. The first kappa shape index (κ1) is 9.85. The standard InChI is InChI=1S/C7H8ClNO4/c1-11-5(10)3-4-6(8)7(12-2)9-13-4/h3H2,1-2H3. The molecule has 0 N–H and O–H groups in total. The molecule has 0 unspecified atom stereocenters. The molecule has 0 radical (unpaired) electrons. The van der Waals surface area contributed by atoms with Gasteiger partial charge in [-0.05, 0) is 5.16 Å². The highest BCUT2D eigenvalue weighted by molar-refractivity contribution is 6.32. The molecule has 0 amide bonds. The summed E-state index contributed by atoms with van der Waals surface area (Å²) in [6, 6.07) is 0. The van der Waals surface area contributed by atoms with Crippen molar-refractivity contribution in [1.29, 1.82) is 0 Å². The van der Waals surface area contributed by atoms with Crippen molar-refractivity contribution in [2.45, 2.75) is 6.42 Å². The number of hydrogen-bond donors (Lipinski definition) is 0. The molecule has 0 bridgehead atoms. The largest absolute Gasteiger partial charge is 0.478 e. The molecule has 0 spiro atoms. The van der Waals surface area contributed by atoms with Crippen LogP contribution in [0, 0.1) is 0 Å². The molecule has 1 heterocycles. The summed E-state index contributed by atoms with van der Waals surface area (Å²) in [6.07, 6.45) is -0.0499. The summed E-state index contributed by atoms with van der Waals surface area (Å²) >= 11 is 5.74. The van der Waals surface area contributed by atoms with E-state index in [1.807, 2.05) is 0 Å². The van der Waals surface area contributed by atoms with Crippen LogP contribution < -0.4 is 4.74 Å². The maximum Gasteiger partial charge on any atom is 0.313 e. The Kier molecular flexibility index (Phi) is 3.13. The Balaban J connectivity index is 2.78. The van der Waals surface area contributed by atoms with Gasteiger partial charge in [0.05, 0.1) is 14.2 Å². The molecule has 0 saturated carbocycles. The molecule has 72 valence electrons. The molecule has 0 aliphatic heterocycles. The molecule has 5 nitrogen and oxygen atoms in total. The number of carbonyl (C=O) groups is 1. The average molecular weight is 206 g/mol. The van der Waals surface area contributed by atoms with E-state index in [9.17, 15) is 4.79 Å². The molecule has 1 aromatic heterocycles. The summed E-state index contributed by atoms with van der Waals surface area (Å²) in [5.74, 6) is -0.0355. The van der Waals surface area contributed by atoms with Crippen molar-refractivity contribution in [3.63, 3.8) is 0 Å². The first-order valence-corrected chi connectivity index (χ1v) is 3.81. The molecule has 0 aliphatic carbocycles. The maximum absolute atomic E-state index is 10.8. The van der Waals surface area contributed by atoms with Crippen LogP contribution in [0.2, 0.25) is 5.02 Å². The van der Waals surface area contributed by atoms with E-state index in [0.29, 0.717) is 0 Å². The van der Waals surface area contributed by atoms with Crippen LogP contribution in [0.25, 0.3) is 0 Å². The number of aromatic nitrogens is 1. The topological polar surface area (TPSA) is 61.6 Å². The van der Waals surface area contributed by atoms with E-state index in [-0.39, 0.29) is 23.1 Å². The Bertz CT molecular complexity index is 309. The van der Waals surface area contributed by atoms with Gasteiger partial charge in [0.2, 0.25) is 0 Å². The summed E-state index contributed by atoms with van der Waals surface area (Å²) in [6.45, 7) is 0. The molecule has 6 heteroatoms. The minimum atomic E-state index is -0.444. The van der Waals surface area contributed by atoms with Crippen molar-refractivity contribution < 1.29 is 18.8 Å². The fourth-order valence-electron chi connectivity index (χ4n) is 0.736. The van der Waals surface area contributed by atoms with E-state index in [1.165, 1.54) is 14.2 Å². The minimum Gasteiger partial charge on any atom is -0.478 e. The number of carbonyl (C=O) groups excluding carboxylic acids is 1. The highest BCUT2D eigenvalue weighted by atomic mass is 35.5. The quantitative estimate of drug-likeness (QED) is 0.691. The van der Waals surface area contributed by atoms with Crippen molar-refractivity contribution >= 4 is 17.6 Å². The van der Waals surface area contributed by atoms with E-state index in [1.54, 1.807) is 0 Å². The third-order valence-electron chi connectivity index (χ3n) is 1.40. The summed E-state index contributed by atoms with van der Waals surface area (Å²) in [5, 5.41) is 3.69. The van der Waals surface area contributed by atoms with Gasteiger partial charge in [0, 0.05) is 0 Å². The van der Waals surface area contributed by atoms with Crippen LogP contribution in [-0.4, -0.2) is 25.3 Å². The Morgan fingerprint density at radius 2 is 2.31 bits per heavy atom. The first-order valence-electron chi connectivity index (χ1n) is 3.44. The van der Waals surface area contributed by atoms with Crippen LogP contribution >= 0.6 is 11.6 Å². The Morgan fingerprint density at radius 3 is 2.77 bits per heavy atom. The molecular weight excluding hydrogens is 198 g/mol. The van der Waals surface area contributed by atoms with E-state index in [4.69, 9.17) is 20.9 Å². The third-order valence-corrected chi connectivity index (χ3v) is 1.77. The van der Waals surface area contributed by atoms with Crippen LogP contribution in [0.5, 0.6) is 5.88 Å². The zero-order chi connectivity index (χ0) is 9.84. The highest BCUT2D eigenvalue weighted by Gasteiger charge is 2.17. The molecule has 0 saturated heterocycles. The lowest BCUT2D eigenvalue weighted by Gasteiger charge is -1.94. The van der Waals surface area contributed by atoms with Gasteiger partial charge in [-0.3, -0.25) is 4.79 Å². The normalized spacial score (nSPS) is 9.77. The van der Waals surface area contributed by atoms with E-state index >= 15 is 0 Å². The SMILES string of the molecule is COC(=O)Cc1onc(OC)c1Cl. The lowest BCUT2D eigenvalue weighted by Crippen LogP contribution is -2.03. The molecule has 0 fully saturated rings. The molecule has 13 heavy (non-hydrogen) atoms. The predicted octanol–water partition coefficient (Wildman–Crippen LogP) is 1.05. The van der Waals surface area contributed by atoms with Gasteiger partial charge in [-0.15, -0.1) is 0 Å². The molecule has 0 aromatic carbocycles. The zero-order valence-electron chi connectivity index (χ0n) is 7.17. The van der Waals surface area contributed by atoms with Crippen molar-refractivity contribution in [2.24, 2.45) is 0 Å². The second-order valence-electron chi connectivity index (χ2n) is 2.18. The Hall–Kier alpha value is -1.23. The summed E-state index contributed by atoms with van der Waals surface area (Å²) in [7, 11) is 2.69. The Morgan fingerprint density at radius 1 is 1.62 bits per heavy atom. The number of methoxy groups -OCH3 is 2. The number of esters is 1. The summed E-state index contributed by atoms with van der Waals surface area (Å²) in [5.41, 5.74) is 0. The fourth-order valence-corrected chi connectivity index (χ4v) is 0.949. The second-order valence-corrected chi connectivity index (χ2v) is 2.56. The highest BCUT2D eigenvalue weighted by Crippen LogP contribution is 2.27. The zero-order valence-corrected chi connectivity index (χ0v) is 7.92. The van der Waals surface area contributed by atoms with Crippen molar-refractivity contribution in [3.8, 4) is 5.88 Å². The number of nitrogens with zero attached hydrogens (tertiary/aromatic N) is 1. The lowest BCUT2D eigenvalue weighted by atomic mass is 10.3. The smallest absolute Gasteiger partial charge is 0.313 e. The van der Waals surface area contributed by atoms with Gasteiger partial charge in [0.15, 0.2) is 5.76 Å². The molecule has 0 aliphatic rings. The van der Waals surface area contributed by atoms with Crippen molar-refractivity contribution in [1.82, 2.24) is 5.16 Å². The molecule has 1 rings (SSSR count). The molecule has 1 aromatic rings. The number of halogens is 1. The molecular formula is C7H8ClNO4. The van der Waals surface area contributed by atoms with Crippen molar-refractivity contribution in [2.75, 3.05) is 14.2 Å². The summed E-state index contributed by atoms with van der Waals surface area (Å²) in [4.78, 5) is 10.8. The van der Waals surface area contributed by atoms with E-state index in [0.717, 1.165) is 0 Å². The number of hydrogen-bond acceptors (Lipinski definition) is 5. The van der Waals surface area contributed by atoms with Gasteiger partial charge in [-0.2, -0.15) is 0 Å². The minimum absolute atomic E-state index is 0.0499. The van der Waals surface area contributed by atoms with Gasteiger partial charge in [-0.25, -0.2) is 0 Å². The van der Waals surface area contributed by atoms with Gasteiger partial charge in [-0.1, -0.05) is 11.6 Å². The van der Waals surface area contributed by atoms with Crippen LogP contribution in [0.15, 0.2) is 4.52 Å². The van der Waals surface area contributed by atoms with Crippen LogP contribution in [-0.2, 0) is 16.0 Å². The van der Waals surface area contributed by atoms with E-state index < -0.39 is 5.97 Å². The first-order chi connectivity index (χ1) is 6.19. The average Bonchev–Trinajstić information content (AvgIpc) is 2.48. The van der Waals surface area contributed by atoms with E-state index in [2.05, 4.69) is 9.89 Å². The lowest BCUT2D eigenvalue weighted by molar-refractivity contribution is -0.140. The van der Waals surface area contributed by atoms with Crippen LogP contribution in [0.1, 0.15) is 5.76 Å². The van der Waals surface area contributed by atoms with Gasteiger partial charge in [0.25, 0.3) is 5.88 Å². The van der Waals surface area contributed by atoms with Gasteiger partial charge >= 0.3 is 5.97 Å². The Labute approximate surface area is 79.5 Å². The number of rotatable bonds is 3. The fraction of sp³-hybridized carbons (Fsp3) is 0.429. The monoisotopic (exact) mass is 205 g/mol. The predicted molar refractivity (Wildman–Crippen MR) is 43.8 cm³/mol. The van der Waals surface area contributed by atoms with Crippen LogP contribution in [0.3, 0.4) is 0 Å². The van der Waals surface area contributed by atoms with Crippen molar-refractivity contribution in [3.05, 3.63) is 10.8 Å². The van der Waals surface area contributed by atoms with Crippen LogP contribution in [0.4, 0.5) is 0 Å².